The number of nitrogens with one attached hydrogen (secondary N) is 3. The van der Waals surface area contributed by atoms with Crippen molar-refractivity contribution in [1.29, 1.82) is 0 Å². The number of methoxy groups -OCH3 is 1. The maximum atomic E-state index is 12.6. The number of benzene rings is 1. The van der Waals surface area contributed by atoms with Gasteiger partial charge in [-0.1, -0.05) is 6.07 Å². The molecule has 0 spiro atoms. The SMILES string of the molecule is COc1ccc(C)cc1NC(=O)NC1CCC(Nc2nc3c(c([As](C)C)n2)CCCC3)CC1. The van der Waals surface area contributed by atoms with E-state index in [0.29, 0.717) is 17.5 Å². The average Bonchev–Trinajstić information content (AvgIpc) is 2.80. The van der Waals surface area contributed by atoms with E-state index in [-0.39, 0.29) is 12.1 Å². The minimum atomic E-state index is -1.07. The summed E-state index contributed by atoms with van der Waals surface area (Å²) in [4.78, 5) is 22.4. The Morgan fingerprint density at radius 2 is 1.79 bits per heavy atom. The molecule has 4 rings (SSSR count). The first-order valence-electron chi connectivity index (χ1n) is 12.0. The van der Waals surface area contributed by atoms with E-state index in [1.807, 2.05) is 25.1 Å². The number of amides is 2. The van der Waals surface area contributed by atoms with Gasteiger partial charge in [0.15, 0.2) is 0 Å². The quantitative estimate of drug-likeness (QED) is 0.505. The average molecular weight is 514 g/mol. The summed E-state index contributed by atoms with van der Waals surface area (Å²) in [5.41, 5.74) is 9.21. The van der Waals surface area contributed by atoms with Crippen LogP contribution in [0.3, 0.4) is 0 Å². The van der Waals surface area contributed by atoms with Gasteiger partial charge >= 0.3 is 154 Å². The monoisotopic (exact) mass is 513 g/mol. The van der Waals surface area contributed by atoms with Crippen LogP contribution in [-0.2, 0) is 12.8 Å². The Morgan fingerprint density at radius 1 is 1.06 bits per heavy atom. The van der Waals surface area contributed by atoms with Gasteiger partial charge in [-0.15, -0.1) is 0 Å². The van der Waals surface area contributed by atoms with Crippen LogP contribution in [0.4, 0.5) is 16.4 Å². The number of nitrogens with zero attached hydrogens (tertiary/aromatic N) is 2. The fourth-order valence-electron chi connectivity index (χ4n) is 4.84. The number of rotatable bonds is 6. The Kier molecular flexibility index (Phi) is 7.79. The summed E-state index contributed by atoms with van der Waals surface area (Å²) in [5.74, 6) is 1.48. The van der Waals surface area contributed by atoms with Crippen LogP contribution in [0.1, 0.15) is 55.3 Å². The van der Waals surface area contributed by atoms with Gasteiger partial charge in [0.1, 0.15) is 5.75 Å². The summed E-state index contributed by atoms with van der Waals surface area (Å²) in [6, 6.07) is 6.11. The summed E-state index contributed by atoms with van der Waals surface area (Å²) in [5, 5.41) is 9.69. The zero-order valence-electron chi connectivity index (χ0n) is 20.2. The number of ether oxygens (including phenoxy) is 1. The van der Waals surface area contributed by atoms with Crippen molar-refractivity contribution >= 4 is 36.8 Å². The minimum absolute atomic E-state index is 0.169. The first kappa shape index (κ1) is 23.9. The molecule has 0 unspecified atom stereocenters. The second kappa shape index (κ2) is 10.8. The number of urea groups is 1. The van der Waals surface area contributed by atoms with Crippen molar-refractivity contribution in [3.05, 3.63) is 35.0 Å². The summed E-state index contributed by atoms with van der Waals surface area (Å²) in [7, 11) is 1.61. The first-order chi connectivity index (χ1) is 15.9. The molecule has 0 bridgehead atoms. The van der Waals surface area contributed by atoms with Crippen molar-refractivity contribution < 1.29 is 9.53 Å². The predicted octanol–water partition coefficient (Wildman–Crippen LogP) is 4.18. The van der Waals surface area contributed by atoms with Crippen molar-refractivity contribution in [2.24, 2.45) is 0 Å². The second-order valence-electron chi connectivity index (χ2n) is 9.39. The molecule has 2 aromatic rings. The molecule has 3 N–H and O–H groups in total. The molecule has 0 atom stereocenters. The van der Waals surface area contributed by atoms with E-state index >= 15 is 0 Å². The molecule has 1 fully saturated rings. The van der Waals surface area contributed by atoms with Crippen LogP contribution in [0, 0.1) is 6.92 Å². The standard InChI is InChI=1S/C25H36AsN5O2/c1-16-9-14-22(33-4)21(15-16)30-25(32)28-18-12-10-17(11-13-18)27-24-29-20-8-6-5-7-19(20)23(31-24)26(2)3/h9,14-15,17-18H,5-8,10-13H2,1-4H3,(H,27,29,31)(H2,28,30,32). The summed E-state index contributed by atoms with van der Waals surface area (Å²) in [6.45, 7) is 2.00. The molecule has 33 heavy (non-hydrogen) atoms. The van der Waals surface area contributed by atoms with Crippen LogP contribution in [0.5, 0.6) is 5.75 Å². The molecule has 178 valence electrons. The normalized spacial score (nSPS) is 20.2. The molecule has 0 saturated heterocycles. The van der Waals surface area contributed by atoms with Gasteiger partial charge in [0.05, 0.1) is 7.11 Å². The third-order valence-corrected chi connectivity index (χ3v) is 9.14. The third-order valence-electron chi connectivity index (χ3n) is 6.58. The molecule has 2 aliphatic rings. The maximum absolute atomic E-state index is 12.6. The Balaban J connectivity index is 1.31. The van der Waals surface area contributed by atoms with Gasteiger partial charge in [-0.25, -0.2) is 0 Å². The summed E-state index contributed by atoms with van der Waals surface area (Å²) in [6.07, 6.45) is 8.59. The van der Waals surface area contributed by atoms with Gasteiger partial charge in [0.25, 0.3) is 0 Å². The van der Waals surface area contributed by atoms with Crippen molar-refractivity contribution in [1.82, 2.24) is 15.3 Å². The summed E-state index contributed by atoms with van der Waals surface area (Å²) >= 11 is -1.07. The Hall–Kier alpha value is -2.27. The second-order valence-corrected chi connectivity index (χ2v) is 14.0. The number of fused-ring (bicyclic) bond motifs is 1. The van der Waals surface area contributed by atoms with E-state index in [4.69, 9.17) is 14.7 Å². The molecule has 8 heteroatoms. The van der Waals surface area contributed by atoms with Gasteiger partial charge in [-0.3, -0.25) is 0 Å². The van der Waals surface area contributed by atoms with E-state index < -0.39 is 14.7 Å². The van der Waals surface area contributed by atoms with E-state index in [1.165, 1.54) is 28.6 Å². The molecule has 0 radical (unpaired) electrons. The van der Waals surface area contributed by atoms with Crippen molar-refractivity contribution in [3.8, 4) is 5.75 Å². The number of carbonyl (C=O) groups is 1. The molecular weight excluding hydrogens is 477 g/mol. The van der Waals surface area contributed by atoms with Gasteiger partial charge in [-0.2, -0.15) is 0 Å². The molecule has 1 saturated carbocycles. The summed E-state index contributed by atoms with van der Waals surface area (Å²) < 4.78 is 6.71. The third kappa shape index (κ3) is 6.00. The van der Waals surface area contributed by atoms with Crippen LogP contribution in [0.25, 0.3) is 0 Å². The van der Waals surface area contributed by atoms with E-state index in [2.05, 4.69) is 27.4 Å². The molecular formula is C25H36AsN5O2. The predicted molar refractivity (Wildman–Crippen MR) is 135 cm³/mol. The van der Waals surface area contributed by atoms with Crippen molar-refractivity contribution in [3.63, 3.8) is 0 Å². The molecule has 7 nitrogen and oxygen atoms in total. The van der Waals surface area contributed by atoms with Gasteiger partial charge < -0.3 is 4.74 Å². The Morgan fingerprint density at radius 3 is 2.52 bits per heavy atom. The zero-order valence-corrected chi connectivity index (χ0v) is 22.1. The van der Waals surface area contributed by atoms with Crippen LogP contribution in [0.15, 0.2) is 18.2 Å². The molecule has 2 aliphatic carbocycles. The van der Waals surface area contributed by atoms with Crippen LogP contribution >= 0.6 is 0 Å². The molecule has 2 amide bonds. The number of aromatic nitrogens is 2. The zero-order chi connectivity index (χ0) is 23.4. The number of carbonyl (C=O) groups excluding carboxylic acids is 1. The van der Waals surface area contributed by atoms with Crippen molar-refractivity contribution in [2.45, 2.75) is 81.8 Å². The molecule has 1 heterocycles. The van der Waals surface area contributed by atoms with Gasteiger partial charge in [0, 0.05) is 0 Å². The topological polar surface area (TPSA) is 88.2 Å². The Bertz CT molecular complexity index is 989. The first-order valence-corrected chi connectivity index (χ1v) is 16.7. The van der Waals surface area contributed by atoms with Crippen LogP contribution < -0.4 is 25.2 Å². The fraction of sp³-hybridized carbons (Fsp3) is 0.560. The number of hydrogen-bond acceptors (Lipinski definition) is 5. The van der Waals surface area contributed by atoms with Crippen molar-refractivity contribution in [2.75, 3.05) is 17.7 Å². The molecule has 1 aromatic carbocycles. The molecule has 1 aromatic heterocycles. The number of anilines is 2. The fourth-order valence-corrected chi connectivity index (χ4v) is 7.09. The van der Waals surface area contributed by atoms with Gasteiger partial charge in [0.2, 0.25) is 0 Å². The van der Waals surface area contributed by atoms with Gasteiger partial charge in [-0.05, 0) is 24.6 Å². The van der Waals surface area contributed by atoms with E-state index in [0.717, 1.165) is 50.0 Å². The van der Waals surface area contributed by atoms with E-state index in [9.17, 15) is 4.79 Å². The number of hydrogen-bond donors (Lipinski definition) is 3. The Labute approximate surface area is 201 Å². The molecule has 0 aliphatic heterocycles. The van der Waals surface area contributed by atoms with Crippen LogP contribution in [0.2, 0.25) is 11.4 Å². The number of aryl methyl sites for hydroxylation is 2. The van der Waals surface area contributed by atoms with Crippen LogP contribution in [-0.4, -0.2) is 49.8 Å². The van der Waals surface area contributed by atoms with E-state index in [1.54, 1.807) is 7.11 Å².